The van der Waals surface area contributed by atoms with Gasteiger partial charge in [0.1, 0.15) is 0 Å². The van der Waals surface area contributed by atoms with Crippen molar-refractivity contribution in [2.24, 2.45) is 0 Å². The summed E-state index contributed by atoms with van der Waals surface area (Å²) < 4.78 is 10.6. The Bertz CT molecular complexity index is 816. The van der Waals surface area contributed by atoms with Crippen molar-refractivity contribution in [3.05, 3.63) is 58.7 Å². The van der Waals surface area contributed by atoms with Gasteiger partial charge in [-0.25, -0.2) is 4.79 Å². The maximum atomic E-state index is 12.5. The van der Waals surface area contributed by atoms with Gasteiger partial charge in [0.25, 0.3) is 0 Å². The maximum Gasteiger partial charge on any atom is 0.335 e. The molecule has 138 valence electrons. The molecule has 6 nitrogen and oxygen atoms in total. The van der Waals surface area contributed by atoms with Crippen molar-refractivity contribution in [3.8, 4) is 11.5 Å². The Morgan fingerprint density at radius 1 is 1.08 bits per heavy atom. The maximum absolute atomic E-state index is 12.5. The summed E-state index contributed by atoms with van der Waals surface area (Å²) in [5.41, 5.74) is 2.80. The first kappa shape index (κ1) is 19.3. The first-order chi connectivity index (χ1) is 12.3. The minimum atomic E-state index is -1.01. The molecule has 0 aliphatic heterocycles. The fourth-order valence-electron chi connectivity index (χ4n) is 2.66. The number of aryl methyl sites for hydroxylation is 1. The third-order valence-electron chi connectivity index (χ3n) is 4.20. The van der Waals surface area contributed by atoms with E-state index in [9.17, 15) is 9.59 Å². The van der Waals surface area contributed by atoms with Gasteiger partial charge in [0.05, 0.1) is 26.2 Å². The van der Waals surface area contributed by atoms with E-state index >= 15 is 0 Å². The highest BCUT2D eigenvalue weighted by Crippen LogP contribution is 2.30. The Hall–Kier alpha value is -3.02. The van der Waals surface area contributed by atoms with Crippen molar-refractivity contribution >= 4 is 11.9 Å². The monoisotopic (exact) mass is 357 g/mol. The number of carboxylic acids is 1. The van der Waals surface area contributed by atoms with Crippen molar-refractivity contribution in [1.29, 1.82) is 0 Å². The molecule has 0 unspecified atom stereocenters. The minimum absolute atomic E-state index is 0.0956. The second-order valence-corrected chi connectivity index (χ2v) is 6.07. The Morgan fingerprint density at radius 2 is 1.73 bits per heavy atom. The van der Waals surface area contributed by atoms with Gasteiger partial charge in [-0.1, -0.05) is 12.1 Å². The summed E-state index contributed by atoms with van der Waals surface area (Å²) in [6.07, 6.45) is 0.143. The summed E-state index contributed by atoms with van der Waals surface area (Å²) >= 11 is 0. The third kappa shape index (κ3) is 4.53. The highest BCUT2D eigenvalue weighted by atomic mass is 16.5. The fourth-order valence-corrected chi connectivity index (χ4v) is 2.66. The van der Waals surface area contributed by atoms with Crippen LogP contribution in [0.1, 0.15) is 27.0 Å². The molecule has 1 amide bonds. The van der Waals surface area contributed by atoms with Gasteiger partial charge in [0, 0.05) is 13.6 Å². The molecule has 0 spiro atoms. The number of carboxylic acid groups (broad SMARTS) is 1. The lowest BCUT2D eigenvalue weighted by atomic mass is 10.1. The van der Waals surface area contributed by atoms with E-state index in [1.807, 2.05) is 19.1 Å². The van der Waals surface area contributed by atoms with Gasteiger partial charge in [-0.2, -0.15) is 0 Å². The molecule has 0 saturated heterocycles. The molecule has 0 atom stereocenters. The van der Waals surface area contributed by atoms with Crippen LogP contribution in [-0.2, 0) is 17.8 Å². The number of carbonyl (C=O) groups is 2. The topological polar surface area (TPSA) is 76.1 Å². The molecule has 2 rings (SSSR count). The number of hydrogen-bond acceptors (Lipinski definition) is 4. The molecule has 2 aromatic rings. The van der Waals surface area contributed by atoms with E-state index in [1.54, 1.807) is 38.3 Å². The molecular weight excluding hydrogens is 334 g/mol. The van der Waals surface area contributed by atoms with Crippen molar-refractivity contribution in [2.75, 3.05) is 21.3 Å². The van der Waals surface area contributed by atoms with Crippen LogP contribution in [-0.4, -0.2) is 43.2 Å². The van der Waals surface area contributed by atoms with Crippen LogP contribution in [0.5, 0.6) is 11.5 Å². The highest BCUT2D eigenvalue weighted by molar-refractivity contribution is 5.88. The van der Waals surface area contributed by atoms with E-state index in [0.717, 1.165) is 11.1 Å². The summed E-state index contributed by atoms with van der Waals surface area (Å²) in [5.74, 6) is 0.159. The van der Waals surface area contributed by atoms with E-state index in [0.29, 0.717) is 23.6 Å². The van der Waals surface area contributed by atoms with Crippen LogP contribution in [0.15, 0.2) is 36.4 Å². The van der Waals surface area contributed by atoms with Crippen molar-refractivity contribution in [1.82, 2.24) is 4.90 Å². The van der Waals surface area contributed by atoms with E-state index in [1.165, 1.54) is 12.1 Å². The zero-order valence-corrected chi connectivity index (χ0v) is 15.4. The number of nitrogens with zero attached hydrogens (tertiary/aromatic N) is 1. The lowest BCUT2D eigenvalue weighted by Gasteiger charge is -2.20. The first-order valence-corrected chi connectivity index (χ1v) is 8.13. The van der Waals surface area contributed by atoms with Gasteiger partial charge in [0.2, 0.25) is 5.91 Å². The summed E-state index contributed by atoms with van der Waals surface area (Å²) in [6, 6.07) is 10.2. The van der Waals surface area contributed by atoms with Gasteiger partial charge in [-0.3, -0.25) is 4.79 Å². The molecule has 0 radical (unpaired) electrons. The average Bonchev–Trinajstić information content (AvgIpc) is 2.62. The van der Waals surface area contributed by atoms with Gasteiger partial charge in [0.15, 0.2) is 11.5 Å². The fraction of sp³-hybridized carbons (Fsp3) is 0.300. The molecule has 0 aromatic heterocycles. The number of amides is 1. The summed E-state index contributed by atoms with van der Waals surface area (Å²) in [4.78, 5) is 25.2. The predicted octanol–water partition coefficient (Wildman–Crippen LogP) is 2.91. The Balaban J connectivity index is 2.12. The van der Waals surface area contributed by atoms with E-state index in [-0.39, 0.29) is 17.9 Å². The van der Waals surface area contributed by atoms with Gasteiger partial charge < -0.3 is 19.5 Å². The summed E-state index contributed by atoms with van der Waals surface area (Å²) in [6.45, 7) is 2.37. The summed E-state index contributed by atoms with van der Waals surface area (Å²) in [7, 11) is 4.87. The Kier molecular flexibility index (Phi) is 6.22. The predicted molar refractivity (Wildman–Crippen MR) is 97.9 cm³/mol. The van der Waals surface area contributed by atoms with Crippen LogP contribution in [0.3, 0.4) is 0 Å². The van der Waals surface area contributed by atoms with Gasteiger partial charge in [-0.05, 0) is 47.9 Å². The first-order valence-electron chi connectivity index (χ1n) is 8.13. The molecule has 0 aliphatic carbocycles. The number of ether oxygens (including phenoxy) is 2. The third-order valence-corrected chi connectivity index (χ3v) is 4.20. The summed E-state index contributed by atoms with van der Waals surface area (Å²) in [5, 5.41) is 9.05. The minimum Gasteiger partial charge on any atom is -0.493 e. The van der Waals surface area contributed by atoms with Crippen LogP contribution < -0.4 is 9.47 Å². The molecule has 2 aromatic carbocycles. The molecule has 0 bridgehead atoms. The molecular formula is C20H23NO5. The number of likely N-dealkylation sites (N-methyl/N-ethyl adjacent to an activating group) is 1. The molecule has 0 heterocycles. The van der Waals surface area contributed by atoms with Crippen LogP contribution in [0.2, 0.25) is 0 Å². The zero-order chi connectivity index (χ0) is 19.3. The largest absolute Gasteiger partial charge is 0.493 e. The Morgan fingerprint density at radius 3 is 2.35 bits per heavy atom. The number of hydrogen-bond donors (Lipinski definition) is 1. The van der Waals surface area contributed by atoms with Crippen molar-refractivity contribution < 1.29 is 24.2 Å². The number of methoxy groups -OCH3 is 2. The molecule has 0 fully saturated rings. The van der Waals surface area contributed by atoms with Crippen LogP contribution in [0.25, 0.3) is 0 Å². The van der Waals surface area contributed by atoms with Gasteiger partial charge >= 0.3 is 5.97 Å². The van der Waals surface area contributed by atoms with E-state index in [2.05, 4.69) is 0 Å². The SMILES string of the molecule is COc1cc(C)c(CN(C)C(=O)Cc2cccc(C(=O)O)c2)cc1OC. The lowest BCUT2D eigenvalue weighted by Crippen LogP contribution is -2.28. The van der Waals surface area contributed by atoms with Crippen LogP contribution >= 0.6 is 0 Å². The standard InChI is InChI=1S/C20H23NO5/c1-13-8-17(25-3)18(26-4)11-16(13)12-21(2)19(22)10-14-6-5-7-15(9-14)20(23)24/h5-9,11H,10,12H2,1-4H3,(H,23,24). The molecule has 1 N–H and O–H groups in total. The molecule has 0 saturated carbocycles. The van der Waals surface area contributed by atoms with Crippen LogP contribution in [0, 0.1) is 6.92 Å². The highest BCUT2D eigenvalue weighted by Gasteiger charge is 2.15. The van der Waals surface area contributed by atoms with Gasteiger partial charge in [-0.15, -0.1) is 0 Å². The van der Waals surface area contributed by atoms with E-state index in [4.69, 9.17) is 14.6 Å². The van der Waals surface area contributed by atoms with Crippen molar-refractivity contribution in [2.45, 2.75) is 19.9 Å². The van der Waals surface area contributed by atoms with Crippen LogP contribution in [0.4, 0.5) is 0 Å². The second-order valence-electron chi connectivity index (χ2n) is 6.07. The average molecular weight is 357 g/mol. The van der Waals surface area contributed by atoms with E-state index < -0.39 is 5.97 Å². The normalized spacial score (nSPS) is 10.3. The number of benzene rings is 2. The molecule has 0 aliphatic rings. The number of rotatable bonds is 7. The van der Waals surface area contributed by atoms with Crippen molar-refractivity contribution in [3.63, 3.8) is 0 Å². The molecule has 6 heteroatoms. The zero-order valence-electron chi connectivity index (χ0n) is 15.4. The smallest absolute Gasteiger partial charge is 0.335 e. The lowest BCUT2D eigenvalue weighted by molar-refractivity contribution is -0.129. The Labute approximate surface area is 153 Å². The number of aromatic carboxylic acids is 1. The number of carbonyl (C=O) groups excluding carboxylic acids is 1. The molecule has 26 heavy (non-hydrogen) atoms. The second kappa shape index (κ2) is 8.38. The quantitative estimate of drug-likeness (QED) is 0.824.